The first-order valence-electron chi connectivity index (χ1n) is 6.94. The van der Waals surface area contributed by atoms with Gasteiger partial charge in [-0.25, -0.2) is 13.6 Å². The molecule has 0 aliphatic carbocycles. The molecule has 2 aliphatic heterocycles. The number of likely N-dealkylation sites (tertiary alicyclic amines) is 1. The number of rotatable bonds is 1. The highest BCUT2D eigenvalue weighted by Crippen LogP contribution is 2.25. The Hall–Kier alpha value is -1.73. The number of carbonyl (C=O) groups excluding carboxylic acids is 1. The average Bonchev–Trinajstić information content (AvgIpc) is 2.36. The van der Waals surface area contributed by atoms with Gasteiger partial charge in [0.15, 0.2) is 0 Å². The summed E-state index contributed by atoms with van der Waals surface area (Å²) in [6.07, 6.45) is -0.401. The monoisotopic (exact) mass is 297 g/mol. The van der Waals surface area contributed by atoms with E-state index in [-0.39, 0.29) is 17.5 Å². The quantitative estimate of drug-likeness (QED) is 0.725. The number of carbonyl (C=O) groups is 1. The van der Waals surface area contributed by atoms with E-state index in [4.69, 9.17) is 0 Å². The van der Waals surface area contributed by atoms with Gasteiger partial charge in [-0.2, -0.15) is 0 Å². The number of benzene rings is 1. The van der Waals surface area contributed by atoms with Crippen molar-refractivity contribution in [3.8, 4) is 0 Å². The molecule has 2 amide bonds. The van der Waals surface area contributed by atoms with Crippen molar-refractivity contribution >= 4 is 11.7 Å². The highest BCUT2D eigenvalue weighted by atomic mass is 19.1. The van der Waals surface area contributed by atoms with E-state index in [0.717, 1.165) is 18.2 Å². The number of nitrogens with zero attached hydrogens (tertiary/aromatic N) is 1. The second-order valence-corrected chi connectivity index (χ2v) is 5.66. The molecule has 2 aliphatic rings. The molecule has 2 unspecified atom stereocenters. The molecule has 2 bridgehead atoms. The molecule has 0 spiro atoms. The van der Waals surface area contributed by atoms with E-state index in [1.807, 2.05) is 0 Å². The van der Waals surface area contributed by atoms with Crippen molar-refractivity contribution in [3.63, 3.8) is 0 Å². The summed E-state index contributed by atoms with van der Waals surface area (Å²) in [6, 6.07) is 2.50. The molecule has 3 rings (SSSR count). The fourth-order valence-corrected chi connectivity index (χ4v) is 3.06. The smallest absolute Gasteiger partial charge is 0.321 e. The van der Waals surface area contributed by atoms with Crippen LogP contribution in [0.25, 0.3) is 0 Å². The Bertz CT molecular complexity index is 521. The molecule has 114 valence electrons. The first kappa shape index (κ1) is 14.2. The van der Waals surface area contributed by atoms with Gasteiger partial charge >= 0.3 is 6.03 Å². The van der Waals surface area contributed by atoms with E-state index in [1.54, 1.807) is 4.90 Å². The number of aliphatic hydroxyl groups is 1. The van der Waals surface area contributed by atoms with Crippen LogP contribution in [0.15, 0.2) is 18.2 Å². The molecule has 5 nitrogen and oxygen atoms in total. The summed E-state index contributed by atoms with van der Waals surface area (Å²) in [7, 11) is 0. The summed E-state index contributed by atoms with van der Waals surface area (Å²) in [5, 5.41) is 15.8. The highest BCUT2D eigenvalue weighted by Gasteiger charge is 2.39. The maximum atomic E-state index is 13.1. The van der Waals surface area contributed by atoms with E-state index < -0.39 is 23.8 Å². The fourth-order valence-electron chi connectivity index (χ4n) is 3.06. The number of urea groups is 1. The number of fused-ring (bicyclic) bond motifs is 2. The lowest BCUT2D eigenvalue weighted by Gasteiger charge is -2.45. The van der Waals surface area contributed by atoms with Crippen molar-refractivity contribution in [2.24, 2.45) is 11.8 Å². The van der Waals surface area contributed by atoms with Crippen LogP contribution in [0.5, 0.6) is 0 Å². The largest absolute Gasteiger partial charge is 0.392 e. The Morgan fingerprint density at radius 3 is 2.33 bits per heavy atom. The summed E-state index contributed by atoms with van der Waals surface area (Å²) in [6.45, 7) is 2.18. The van der Waals surface area contributed by atoms with Crippen LogP contribution in [0.3, 0.4) is 0 Å². The average molecular weight is 297 g/mol. The zero-order valence-electron chi connectivity index (χ0n) is 11.4. The first-order valence-corrected chi connectivity index (χ1v) is 6.94. The van der Waals surface area contributed by atoms with Gasteiger partial charge in [-0.05, 0) is 12.1 Å². The van der Waals surface area contributed by atoms with Gasteiger partial charge in [0.05, 0.1) is 6.10 Å². The normalized spacial score (nSPS) is 28.3. The summed E-state index contributed by atoms with van der Waals surface area (Å²) in [4.78, 5) is 13.8. The molecule has 2 fully saturated rings. The van der Waals surface area contributed by atoms with Gasteiger partial charge in [-0.15, -0.1) is 0 Å². The Balaban J connectivity index is 1.68. The maximum absolute atomic E-state index is 13.1. The molecule has 1 aromatic rings. The number of hydrogen-bond donors (Lipinski definition) is 3. The van der Waals surface area contributed by atoms with Gasteiger partial charge in [-0.3, -0.25) is 0 Å². The summed E-state index contributed by atoms with van der Waals surface area (Å²) < 4.78 is 26.2. The van der Waals surface area contributed by atoms with Crippen LogP contribution in [0.1, 0.15) is 0 Å². The molecule has 2 heterocycles. The van der Waals surface area contributed by atoms with Crippen LogP contribution in [-0.4, -0.2) is 48.3 Å². The lowest BCUT2D eigenvalue weighted by atomic mass is 9.83. The number of anilines is 1. The number of halogens is 2. The second-order valence-electron chi connectivity index (χ2n) is 5.66. The number of piperidine rings is 2. The van der Waals surface area contributed by atoms with E-state index in [2.05, 4.69) is 10.6 Å². The van der Waals surface area contributed by atoms with Crippen molar-refractivity contribution in [1.29, 1.82) is 0 Å². The minimum atomic E-state index is -0.736. The molecule has 7 heteroatoms. The standard InChI is InChI=1S/C14H17F2N3O2/c15-10-1-11(16)3-12(2-10)18-14(21)19-6-8-4-17-5-9(7-19)13(8)20/h1-3,8-9,13,17,20H,4-7H2,(H,18,21). The van der Waals surface area contributed by atoms with Gasteiger partial charge in [-0.1, -0.05) is 0 Å². The highest BCUT2D eigenvalue weighted by molar-refractivity contribution is 5.89. The van der Waals surface area contributed by atoms with E-state index in [0.29, 0.717) is 26.2 Å². The van der Waals surface area contributed by atoms with Gasteiger partial charge in [0.2, 0.25) is 0 Å². The third-order valence-electron chi connectivity index (χ3n) is 4.09. The van der Waals surface area contributed by atoms with Crippen LogP contribution in [-0.2, 0) is 0 Å². The predicted octanol–water partition coefficient (Wildman–Crippen LogP) is 1.01. The molecule has 3 N–H and O–H groups in total. The SMILES string of the molecule is O=C(Nc1cc(F)cc(F)c1)N1CC2CNCC(C1)C2O. The van der Waals surface area contributed by atoms with Crippen molar-refractivity contribution in [2.45, 2.75) is 6.10 Å². The van der Waals surface area contributed by atoms with Gasteiger partial charge in [0.25, 0.3) is 0 Å². The third kappa shape index (κ3) is 2.98. The van der Waals surface area contributed by atoms with E-state index >= 15 is 0 Å². The van der Waals surface area contributed by atoms with E-state index in [1.165, 1.54) is 0 Å². The lowest BCUT2D eigenvalue weighted by molar-refractivity contribution is -0.0256. The lowest BCUT2D eigenvalue weighted by Crippen LogP contribution is -2.60. The number of aliphatic hydroxyl groups excluding tert-OH is 1. The van der Waals surface area contributed by atoms with Crippen molar-refractivity contribution in [3.05, 3.63) is 29.8 Å². The summed E-state index contributed by atoms with van der Waals surface area (Å²) in [5.74, 6) is -1.49. The van der Waals surface area contributed by atoms with Crippen molar-refractivity contribution in [1.82, 2.24) is 10.2 Å². The van der Waals surface area contributed by atoms with Crippen LogP contribution in [0.4, 0.5) is 19.3 Å². The molecule has 0 radical (unpaired) electrons. The Kier molecular flexibility index (Phi) is 3.77. The molecular formula is C14H17F2N3O2. The van der Waals surface area contributed by atoms with E-state index in [9.17, 15) is 18.7 Å². The molecule has 1 aromatic carbocycles. The maximum Gasteiger partial charge on any atom is 0.321 e. The molecular weight excluding hydrogens is 280 g/mol. The first-order chi connectivity index (χ1) is 10.0. The zero-order chi connectivity index (χ0) is 15.0. The Morgan fingerprint density at radius 2 is 1.76 bits per heavy atom. The van der Waals surface area contributed by atoms with Crippen LogP contribution in [0, 0.1) is 23.5 Å². The summed E-state index contributed by atoms with van der Waals surface area (Å²) >= 11 is 0. The minimum absolute atomic E-state index is 0.00695. The fraction of sp³-hybridized carbons (Fsp3) is 0.500. The summed E-state index contributed by atoms with van der Waals surface area (Å²) in [5.41, 5.74) is 0.0897. The molecule has 2 atom stereocenters. The van der Waals surface area contributed by atoms with Gasteiger partial charge < -0.3 is 20.6 Å². The number of nitrogens with one attached hydrogen (secondary N) is 2. The number of hydrogen-bond acceptors (Lipinski definition) is 3. The van der Waals surface area contributed by atoms with Crippen molar-refractivity contribution in [2.75, 3.05) is 31.5 Å². The van der Waals surface area contributed by atoms with Gasteiger partial charge in [0, 0.05) is 49.8 Å². The molecule has 0 aromatic heterocycles. The Morgan fingerprint density at radius 1 is 1.19 bits per heavy atom. The van der Waals surface area contributed by atoms with Crippen LogP contribution < -0.4 is 10.6 Å². The van der Waals surface area contributed by atoms with Crippen LogP contribution >= 0.6 is 0 Å². The molecule has 21 heavy (non-hydrogen) atoms. The zero-order valence-corrected chi connectivity index (χ0v) is 11.4. The Labute approximate surface area is 120 Å². The van der Waals surface area contributed by atoms with Crippen molar-refractivity contribution < 1.29 is 18.7 Å². The topological polar surface area (TPSA) is 64.6 Å². The third-order valence-corrected chi connectivity index (χ3v) is 4.09. The van der Waals surface area contributed by atoms with Gasteiger partial charge in [0.1, 0.15) is 11.6 Å². The molecule has 0 saturated carbocycles. The minimum Gasteiger partial charge on any atom is -0.392 e. The predicted molar refractivity (Wildman–Crippen MR) is 72.8 cm³/mol. The second kappa shape index (κ2) is 5.57. The number of amides is 2. The van der Waals surface area contributed by atoms with Crippen LogP contribution in [0.2, 0.25) is 0 Å². The molecule has 2 saturated heterocycles.